The van der Waals surface area contributed by atoms with Gasteiger partial charge in [-0.05, 0) is 16.7 Å². The third-order valence-corrected chi connectivity index (χ3v) is 5.01. The Morgan fingerprint density at radius 1 is 0.652 bits per heavy atom. The number of ketones is 1. The average Bonchev–Trinajstić information content (AvgIpc) is 2.62. The van der Waals surface area contributed by atoms with Gasteiger partial charge in [-0.2, -0.15) is 0 Å². The van der Waals surface area contributed by atoms with Crippen LogP contribution in [0.5, 0.6) is 0 Å². The summed E-state index contributed by atoms with van der Waals surface area (Å²) in [5.74, 6) is 0.504. The van der Waals surface area contributed by atoms with Gasteiger partial charge in [0.05, 0.1) is 5.41 Å². The zero-order chi connectivity index (χ0) is 15.7. The number of hydrogen-bond acceptors (Lipinski definition) is 1. The van der Waals surface area contributed by atoms with Crippen molar-refractivity contribution in [2.24, 2.45) is 0 Å². The Balaban J connectivity index is 1.94. The number of rotatable bonds is 3. The number of carbonyl (C=O) groups excluding carboxylic acids is 1. The molecule has 1 aliphatic rings. The van der Waals surface area contributed by atoms with E-state index < -0.39 is 5.41 Å². The van der Waals surface area contributed by atoms with Crippen LogP contribution in [0.15, 0.2) is 91.0 Å². The predicted octanol–water partition coefficient (Wildman–Crippen LogP) is 4.73. The van der Waals surface area contributed by atoms with Gasteiger partial charge in [0, 0.05) is 12.3 Å². The van der Waals surface area contributed by atoms with Crippen molar-refractivity contribution in [3.63, 3.8) is 0 Å². The second-order valence-corrected chi connectivity index (χ2v) is 6.13. The molecule has 3 aromatic carbocycles. The Labute approximate surface area is 136 Å². The summed E-state index contributed by atoms with van der Waals surface area (Å²) in [6.45, 7) is 0. The highest BCUT2D eigenvalue weighted by Crippen LogP contribution is 2.55. The summed E-state index contributed by atoms with van der Waals surface area (Å²) in [6.07, 6.45) is 0.605. The van der Waals surface area contributed by atoms with Crippen LogP contribution in [-0.4, -0.2) is 5.78 Å². The van der Waals surface area contributed by atoms with Crippen molar-refractivity contribution in [2.45, 2.75) is 17.8 Å². The lowest BCUT2D eigenvalue weighted by molar-refractivity contribution is -0.131. The van der Waals surface area contributed by atoms with Gasteiger partial charge >= 0.3 is 0 Å². The van der Waals surface area contributed by atoms with E-state index in [1.165, 1.54) is 5.56 Å². The average molecular weight is 298 g/mol. The summed E-state index contributed by atoms with van der Waals surface area (Å²) in [6, 6.07) is 30.8. The maximum absolute atomic E-state index is 12.9. The van der Waals surface area contributed by atoms with E-state index in [0.717, 1.165) is 11.1 Å². The number of carbonyl (C=O) groups is 1. The van der Waals surface area contributed by atoms with Gasteiger partial charge in [0.2, 0.25) is 0 Å². The van der Waals surface area contributed by atoms with Crippen molar-refractivity contribution in [1.29, 1.82) is 0 Å². The normalized spacial score (nSPS) is 19.1. The summed E-state index contributed by atoms with van der Waals surface area (Å²) in [5, 5.41) is 0. The van der Waals surface area contributed by atoms with E-state index >= 15 is 0 Å². The second kappa shape index (κ2) is 5.51. The first-order valence-corrected chi connectivity index (χ1v) is 8.03. The topological polar surface area (TPSA) is 17.1 Å². The van der Waals surface area contributed by atoms with Crippen LogP contribution in [0.3, 0.4) is 0 Å². The van der Waals surface area contributed by atoms with Crippen LogP contribution >= 0.6 is 0 Å². The summed E-state index contributed by atoms with van der Waals surface area (Å²) in [7, 11) is 0. The molecule has 4 rings (SSSR count). The molecule has 1 saturated carbocycles. The highest BCUT2D eigenvalue weighted by molar-refractivity contribution is 6.02. The maximum Gasteiger partial charge on any atom is 0.149 e. The Morgan fingerprint density at radius 3 is 1.52 bits per heavy atom. The van der Waals surface area contributed by atoms with E-state index in [9.17, 15) is 4.79 Å². The minimum atomic E-state index is -0.552. The predicted molar refractivity (Wildman–Crippen MR) is 92.5 cm³/mol. The Hall–Kier alpha value is -2.67. The van der Waals surface area contributed by atoms with Gasteiger partial charge in [-0.3, -0.25) is 4.79 Å². The fraction of sp³-hybridized carbons (Fsp3) is 0.136. The highest BCUT2D eigenvalue weighted by atomic mass is 16.1. The van der Waals surface area contributed by atoms with Gasteiger partial charge in [0.25, 0.3) is 0 Å². The Bertz CT molecular complexity index is 767. The minimum Gasteiger partial charge on any atom is -0.298 e. The molecule has 1 aliphatic carbocycles. The summed E-state index contributed by atoms with van der Waals surface area (Å²) < 4.78 is 0. The van der Waals surface area contributed by atoms with Crippen LogP contribution in [-0.2, 0) is 10.2 Å². The summed E-state index contributed by atoms with van der Waals surface area (Å²) >= 11 is 0. The van der Waals surface area contributed by atoms with Crippen LogP contribution in [0, 0.1) is 0 Å². The number of benzene rings is 3. The number of hydrogen-bond donors (Lipinski definition) is 0. The Morgan fingerprint density at radius 2 is 1.09 bits per heavy atom. The molecule has 1 nitrogen and oxygen atoms in total. The van der Waals surface area contributed by atoms with Crippen molar-refractivity contribution in [3.8, 4) is 0 Å². The van der Waals surface area contributed by atoms with Crippen LogP contribution in [0.2, 0.25) is 0 Å². The molecule has 1 heteroatoms. The third kappa shape index (κ3) is 2.04. The second-order valence-electron chi connectivity index (χ2n) is 6.13. The molecule has 23 heavy (non-hydrogen) atoms. The molecular formula is C22H18O. The van der Waals surface area contributed by atoms with E-state index in [-0.39, 0.29) is 5.92 Å². The molecule has 0 N–H and O–H groups in total. The molecule has 0 amide bonds. The molecule has 0 unspecified atom stereocenters. The van der Waals surface area contributed by atoms with Gasteiger partial charge in [-0.25, -0.2) is 0 Å². The molecule has 0 aromatic heterocycles. The van der Waals surface area contributed by atoms with E-state index in [2.05, 4.69) is 48.5 Å². The van der Waals surface area contributed by atoms with Crippen molar-refractivity contribution in [2.75, 3.05) is 0 Å². The molecule has 0 radical (unpaired) electrons. The monoisotopic (exact) mass is 298 g/mol. The SMILES string of the molecule is O=C1C[C@@H](c2ccccc2)C1(c1ccccc1)c1ccccc1. The van der Waals surface area contributed by atoms with Crippen LogP contribution in [0.25, 0.3) is 0 Å². The van der Waals surface area contributed by atoms with Gasteiger partial charge < -0.3 is 0 Å². The van der Waals surface area contributed by atoms with Crippen molar-refractivity contribution >= 4 is 5.78 Å². The smallest absolute Gasteiger partial charge is 0.149 e. The van der Waals surface area contributed by atoms with E-state index in [1.54, 1.807) is 0 Å². The molecule has 3 aromatic rings. The fourth-order valence-corrected chi connectivity index (χ4v) is 3.91. The van der Waals surface area contributed by atoms with Gasteiger partial charge in [-0.15, -0.1) is 0 Å². The van der Waals surface area contributed by atoms with Crippen LogP contribution < -0.4 is 0 Å². The van der Waals surface area contributed by atoms with E-state index in [0.29, 0.717) is 12.2 Å². The molecule has 0 heterocycles. The zero-order valence-electron chi connectivity index (χ0n) is 12.9. The molecule has 0 spiro atoms. The third-order valence-electron chi connectivity index (χ3n) is 5.01. The van der Waals surface area contributed by atoms with Crippen molar-refractivity contribution in [1.82, 2.24) is 0 Å². The van der Waals surface area contributed by atoms with Crippen molar-refractivity contribution < 1.29 is 4.79 Å². The highest BCUT2D eigenvalue weighted by Gasteiger charge is 2.57. The van der Waals surface area contributed by atoms with Gasteiger partial charge in [0.1, 0.15) is 5.78 Å². The first kappa shape index (κ1) is 14.0. The first-order valence-electron chi connectivity index (χ1n) is 8.03. The lowest BCUT2D eigenvalue weighted by Crippen LogP contribution is -2.52. The quantitative estimate of drug-likeness (QED) is 0.683. The van der Waals surface area contributed by atoms with Crippen LogP contribution in [0.4, 0.5) is 0 Å². The van der Waals surface area contributed by atoms with Gasteiger partial charge in [0.15, 0.2) is 0 Å². The molecule has 112 valence electrons. The van der Waals surface area contributed by atoms with E-state index in [1.807, 2.05) is 42.5 Å². The molecular weight excluding hydrogens is 280 g/mol. The molecule has 0 bridgehead atoms. The standard InChI is InChI=1S/C22H18O/c23-21-16-20(17-10-4-1-5-11-17)22(21,18-12-6-2-7-13-18)19-14-8-3-9-15-19/h1-15,20H,16H2/t20-/m0/s1. The first-order chi connectivity index (χ1) is 11.3. The summed E-state index contributed by atoms with van der Waals surface area (Å²) in [4.78, 5) is 12.9. The molecule has 0 saturated heterocycles. The maximum atomic E-state index is 12.9. The van der Waals surface area contributed by atoms with E-state index in [4.69, 9.17) is 0 Å². The lowest BCUT2D eigenvalue weighted by atomic mass is 9.51. The van der Waals surface area contributed by atoms with Gasteiger partial charge in [-0.1, -0.05) is 91.0 Å². The molecule has 1 fully saturated rings. The Kier molecular flexibility index (Phi) is 3.34. The zero-order valence-corrected chi connectivity index (χ0v) is 12.9. The lowest BCUT2D eigenvalue weighted by Gasteiger charge is -2.49. The molecule has 1 atom stereocenters. The summed E-state index contributed by atoms with van der Waals surface area (Å²) in [5.41, 5.74) is 2.87. The largest absolute Gasteiger partial charge is 0.298 e. The van der Waals surface area contributed by atoms with Crippen LogP contribution in [0.1, 0.15) is 29.0 Å². The minimum absolute atomic E-state index is 0.195. The molecule has 0 aliphatic heterocycles. The number of Topliss-reactive ketones (excluding diaryl/α,β-unsaturated/α-hetero) is 1. The fourth-order valence-electron chi connectivity index (χ4n) is 3.91. The van der Waals surface area contributed by atoms with Crippen molar-refractivity contribution in [3.05, 3.63) is 108 Å².